The summed E-state index contributed by atoms with van der Waals surface area (Å²) in [4.78, 5) is 15.4. The van der Waals surface area contributed by atoms with Crippen molar-refractivity contribution in [1.82, 2.24) is 4.90 Å². The minimum absolute atomic E-state index is 0.0890. The zero-order chi connectivity index (χ0) is 20.4. The van der Waals surface area contributed by atoms with E-state index in [9.17, 15) is 15.1 Å². The Bertz CT molecular complexity index is 702. The van der Waals surface area contributed by atoms with Crippen molar-refractivity contribution >= 4 is 11.5 Å². The molecule has 5 fully saturated rings. The number of carbonyl (C=O) groups excluding carboxylic acids is 1. The summed E-state index contributed by atoms with van der Waals surface area (Å²) in [5.41, 5.74) is 0.722. The average molecular weight is 403 g/mol. The molecule has 162 valence electrons. The Morgan fingerprint density at radius 3 is 2.59 bits per heavy atom. The van der Waals surface area contributed by atoms with Gasteiger partial charge in [-0.3, -0.25) is 9.69 Å². The Balaban J connectivity index is 1.50. The molecule has 5 aliphatic rings. The predicted octanol–water partition coefficient (Wildman–Crippen LogP) is 3.72. The molecule has 2 N–H and O–H groups in total. The summed E-state index contributed by atoms with van der Waals surface area (Å²) in [5, 5.41) is 24.5. The van der Waals surface area contributed by atoms with Crippen LogP contribution in [0.1, 0.15) is 71.6 Å². The van der Waals surface area contributed by atoms with E-state index in [4.69, 9.17) is 0 Å². The molecule has 29 heavy (non-hydrogen) atoms. The van der Waals surface area contributed by atoms with E-state index in [0.29, 0.717) is 41.9 Å². The Labute approximate surface area is 174 Å². The number of rotatable bonds is 2. The van der Waals surface area contributed by atoms with E-state index in [0.717, 1.165) is 44.2 Å². The van der Waals surface area contributed by atoms with E-state index in [1.54, 1.807) is 0 Å². The van der Waals surface area contributed by atoms with Gasteiger partial charge >= 0.3 is 0 Å². The quantitative estimate of drug-likeness (QED) is 0.545. The second-order valence-electron chi connectivity index (χ2n) is 11.2. The van der Waals surface area contributed by atoms with Crippen LogP contribution in [0.3, 0.4) is 0 Å². The lowest BCUT2D eigenvalue weighted by molar-refractivity contribution is -0.141. The van der Waals surface area contributed by atoms with Crippen LogP contribution in [0.2, 0.25) is 0 Å². The lowest BCUT2D eigenvalue weighted by atomic mass is 9.42. The van der Waals surface area contributed by atoms with Gasteiger partial charge < -0.3 is 10.3 Å². The van der Waals surface area contributed by atoms with Gasteiger partial charge in [0, 0.05) is 36.3 Å². The molecule has 5 rings (SSSR count). The minimum Gasteiger partial charge on any atom is -0.411 e. The lowest BCUT2D eigenvalue weighted by Crippen LogP contribution is -2.61. The van der Waals surface area contributed by atoms with Crippen molar-refractivity contribution < 1.29 is 15.1 Å². The smallest absolute Gasteiger partial charge is 0.139 e. The fourth-order valence-electron chi connectivity index (χ4n) is 8.77. The minimum atomic E-state index is -0.193. The molecule has 1 aliphatic heterocycles. The number of fused-ring (bicyclic) bond motifs is 5. The maximum atomic E-state index is 12.7. The van der Waals surface area contributed by atoms with E-state index < -0.39 is 0 Å². The molecule has 0 aromatic heterocycles. The van der Waals surface area contributed by atoms with Crippen LogP contribution in [0, 0.1) is 40.4 Å². The number of oxime groups is 1. The first-order valence-electron chi connectivity index (χ1n) is 12.0. The highest BCUT2D eigenvalue weighted by atomic mass is 16.4. The van der Waals surface area contributed by atoms with Crippen LogP contribution in [-0.4, -0.2) is 52.4 Å². The highest BCUT2D eigenvalue weighted by molar-refractivity contribution is 5.92. The summed E-state index contributed by atoms with van der Waals surface area (Å²) in [6.07, 6.45) is 9.31. The lowest BCUT2D eigenvalue weighted by Gasteiger charge is -2.62. The Kier molecular flexibility index (Phi) is 4.86. The van der Waals surface area contributed by atoms with E-state index >= 15 is 0 Å². The van der Waals surface area contributed by atoms with E-state index in [2.05, 4.69) is 23.9 Å². The average Bonchev–Trinajstić information content (AvgIpc) is 3.35. The van der Waals surface area contributed by atoms with Gasteiger partial charge in [0.05, 0.1) is 5.71 Å². The van der Waals surface area contributed by atoms with Crippen molar-refractivity contribution in [3.05, 3.63) is 0 Å². The SMILES string of the molecule is C[C@]12C(=NO)CC(N3CCCC3)CC1CC(CO)[C@@H]1[C@H]2CC[C@]2(C)C(=O)CC[C@@H]12. The summed E-state index contributed by atoms with van der Waals surface area (Å²) in [6.45, 7) is 7.12. The molecule has 5 nitrogen and oxygen atoms in total. The van der Waals surface area contributed by atoms with Crippen molar-refractivity contribution in [3.8, 4) is 0 Å². The fourth-order valence-corrected chi connectivity index (χ4v) is 8.77. The van der Waals surface area contributed by atoms with E-state index in [1.807, 2.05) is 0 Å². The number of nitrogens with zero attached hydrogens (tertiary/aromatic N) is 2. The second kappa shape index (κ2) is 7.05. The zero-order valence-electron chi connectivity index (χ0n) is 18.1. The third-order valence-electron chi connectivity index (χ3n) is 10.4. The van der Waals surface area contributed by atoms with Gasteiger partial charge in [0.2, 0.25) is 0 Å². The molecule has 1 heterocycles. The van der Waals surface area contributed by atoms with Gasteiger partial charge in [0.1, 0.15) is 5.78 Å². The Morgan fingerprint density at radius 2 is 1.90 bits per heavy atom. The highest BCUT2D eigenvalue weighted by Crippen LogP contribution is 2.66. The van der Waals surface area contributed by atoms with Crippen LogP contribution in [-0.2, 0) is 4.79 Å². The molecule has 0 aromatic carbocycles. The molecular formula is C24H38N2O3. The normalized spacial score (nSPS) is 51.7. The molecule has 4 saturated carbocycles. The first kappa shape index (κ1) is 20.0. The van der Waals surface area contributed by atoms with Crippen LogP contribution < -0.4 is 0 Å². The number of carbonyl (C=O) groups is 1. The predicted molar refractivity (Wildman–Crippen MR) is 112 cm³/mol. The van der Waals surface area contributed by atoms with Gasteiger partial charge in [-0.2, -0.15) is 0 Å². The topological polar surface area (TPSA) is 73.1 Å². The fraction of sp³-hybridized carbons (Fsp3) is 0.917. The Morgan fingerprint density at radius 1 is 1.14 bits per heavy atom. The number of hydrogen-bond acceptors (Lipinski definition) is 5. The van der Waals surface area contributed by atoms with Crippen molar-refractivity contribution in [2.75, 3.05) is 19.7 Å². The van der Waals surface area contributed by atoms with Crippen molar-refractivity contribution in [3.63, 3.8) is 0 Å². The molecule has 8 atom stereocenters. The number of aliphatic hydroxyl groups excluding tert-OH is 1. The van der Waals surface area contributed by atoms with Crippen molar-refractivity contribution in [1.29, 1.82) is 0 Å². The van der Waals surface area contributed by atoms with Crippen LogP contribution in [0.15, 0.2) is 5.16 Å². The van der Waals surface area contributed by atoms with Gasteiger partial charge in [0.15, 0.2) is 0 Å². The number of Topliss-reactive ketones (excluding diaryl/α,β-unsaturated/α-hetero) is 1. The van der Waals surface area contributed by atoms with Gasteiger partial charge in [-0.25, -0.2) is 0 Å². The van der Waals surface area contributed by atoms with Crippen LogP contribution in [0.25, 0.3) is 0 Å². The maximum absolute atomic E-state index is 12.7. The van der Waals surface area contributed by atoms with Crippen LogP contribution in [0.5, 0.6) is 0 Å². The third-order valence-corrected chi connectivity index (χ3v) is 10.4. The molecule has 3 unspecified atom stereocenters. The number of hydrogen-bond donors (Lipinski definition) is 2. The molecule has 0 radical (unpaired) electrons. The molecular weight excluding hydrogens is 364 g/mol. The summed E-state index contributed by atoms with van der Waals surface area (Å²) in [6, 6.07) is 0.485. The third kappa shape index (κ3) is 2.72. The highest BCUT2D eigenvalue weighted by Gasteiger charge is 2.64. The van der Waals surface area contributed by atoms with Crippen molar-refractivity contribution in [2.24, 2.45) is 45.6 Å². The van der Waals surface area contributed by atoms with Crippen LogP contribution >= 0.6 is 0 Å². The van der Waals surface area contributed by atoms with E-state index in [1.165, 1.54) is 25.9 Å². The summed E-state index contributed by atoms with van der Waals surface area (Å²) in [7, 11) is 0. The van der Waals surface area contributed by atoms with E-state index in [-0.39, 0.29) is 23.4 Å². The molecule has 0 aromatic rings. The van der Waals surface area contributed by atoms with Crippen molar-refractivity contribution in [2.45, 2.75) is 77.7 Å². The molecule has 5 heteroatoms. The summed E-state index contributed by atoms with van der Waals surface area (Å²) in [5.74, 6) is 2.39. The van der Waals surface area contributed by atoms with Gasteiger partial charge in [-0.15, -0.1) is 0 Å². The molecule has 4 aliphatic carbocycles. The maximum Gasteiger partial charge on any atom is 0.139 e. The van der Waals surface area contributed by atoms with Gasteiger partial charge in [-0.1, -0.05) is 19.0 Å². The number of aliphatic hydroxyl groups is 1. The first-order valence-corrected chi connectivity index (χ1v) is 12.0. The first-order chi connectivity index (χ1) is 13.9. The number of likely N-dealkylation sites (tertiary alicyclic amines) is 1. The summed E-state index contributed by atoms with van der Waals surface area (Å²) < 4.78 is 0. The number of ketones is 1. The molecule has 0 bridgehead atoms. The second-order valence-corrected chi connectivity index (χ2v) is 11.2. The standard InChI is InChI=1S/C24H38N2O3/c1-23-8-7-19-22(18(23)5-6-21(23)28)15(14-27)11-16-12-17(26-9-3-4-10-26)13-20(25-29)24(16,19)2/h15-19,22,27,29H,3-14H2,1-2H3/t15?,16?,17?,18-,19+,22-,23-,24-/m0/s1. The molecule has 0 amide bonds. The summed E-state index contributed by atoms with van der Waals surface area (Å²) >= 11 is 0. The van der Waals surface area contributed by atoms with Gasteiger partial charge in [0.25, 0.3) is 0 Å². The molecule has 1 saturated heterocycles. The Hall–Kier alpha value is -0.940. The zero-order valence-corrected chi connectivity index (χ0v) is 18.1. The molecule has 0 spiro atoms. The monoisotopic (exact) mass is 402 g/mol. The van der Waals surface area contributed by atoms with Gasteiger partial charge in [-0.05, 0) is 87.6 Å². The van der Waals surface area contributed by atoms with Crippen LogP contribution in [0.4, 0.5) is 0 Å². The largest absolute Gasteiger partial charge is 0.411 e.